The average Bonchev–Trinajstić information content (AvgIpc) is 3.07. The summed E-state index contributed by atoms with van der Waals surface area (Å²) in [4.78, 5) is 8.22. The molecule has 0 saturated carbocycles. The van der Waals surface area contributed by atoms with Crippen molar-refractivity contribution in [3.05, 3.63) is 48.0 Å². The number of pyridine rings is 1. The molecule has 0 spiro atoms. The molecule has 0 aromatic carbocycles. The zero-order chi connectivity index (χ0) is 16.5. The van der Waals surface area contributed by atoms with Crippen LogP contribution in [-0.2, 0) is 13.1 Å². The van der Waals surface area contributed by atoms with Crippen LogP contribution in [0.4, 0.5) is 8.78 Å². The minimum Gasteiger partial charge on any atom is -0.472 e. The van der Waals surface area contributed by atoms with E-state index < -0.39 is 13.0 Å². The number of aliphatic imine (C=N–C) groups is 1. The SMILES string of the molecule is CN=C(NCc1cccc(OCC(F)F)n1)NCc1ccco1.I. The molecule has 0 radical (unpaired) electrons. The van der Waals surface area contributed by atoms with Crippen LogP contribution in [0.1, 0.15) is 11.5 Å². The van der Waals surface area contributed by atoms with E-state index in [0.717, 1.165) is 5.76 Å². The first kappa shape index (κ1) is 20.1. The van der Waals surface area contributed by atoms with Crippen LogP contribution in [0, 0.1) is 0 Å². The van der Waals surface area contributed by atoms with Gasteiger partial charge in [0.15, 0.2) is 12.6 Å². The molecule has 0 saturated heterocycles. The highest BCUT2D eigenvalue weighted by Gasteiger charge is 2.06. The number of halogens is 3. The van der Waals surface area contributed by atoms with Crippen molar-refractivity contribution in [2.45, 2.75) is 19.5 Å². The van der Waals surface area contributed by atoms with E-state index >= 15 is 0 Å². The Balaban J connectivity index is 0.00000288. The molecule has 2 aromatic rings. The number of alkyl halides is 2. The number of hydrogen-bond acceptors (Lipinski definition) is 4. The predicted octanol–water partition coefficient (Wildman–Crippen LogP) is 2.80. The van der Waals surface area contributed by atoms with Crippen molar-refractivity contribution in [1.29, 1.82) is 0 Å². The lowest BCUT2D eigenvalue weighted by molar-refractivity contribution is 0.0795. The van der Waals surface area contributed by atoms with Gasteiger partial charge in [-0.15, -0.1) is 24.0 Å². The van der Waals surface area contributed by atoms with Crippen molar-refractivity contribution in [3.8, 4) is 5.88 Å². The molecule has 6 nitrogen and oxygen atoms in total. The molecule has 2 rings (SSSR count). The Morgan fingerprint density at radius 3 is 2.71 bits per heavy atom. The second kappa shape index (κ2) is 10.8. The maximum Gasteiger partial charge on any atom is 0.272 e. The Kier molecular flexibility index (Phi) is 9.05. The molecule has 132 valence electrons. The number of guanidine groups is 1. The summed E-state index contributed by atoms with van der Waals surface area (Å²) in [7, 11) is 1.65. The summed E-state index contributed by atoms with van der Waals surface area (Å²) >= 11 is 0. The molecule has 2 aromatic heterocycles. The van der Waals surface area contributed by atoms with Gasteiger partial charge in [-0.05, 0) is 18.2 Å². The van der Waals surface area contributed by atoms with Crippen molar-refractivity contribution in [1.82, 2.24) is 15.6 Å². The largest absolute Gasteiger partial charge is 0.472 e. The van der Waals surface area contributed by atoms with Crippen molar-refractivity contribution in [2.24, 2.45) is 4.99 Å². The molecule has 9 heteroatoms. The van der Waals surface area contributed by atoms with Gasteiger partial charge in [0.1, 0.15) is 5.76 Å². The maximum atomic E-state index is 12.1. The minimum absolute atomic E-state index is 0. The van der Waals surface area contributed by atoms with Crippen LogP contribution in [0.5, 0.6) is 5.88 Å². The van der Waals surface area contributed by atoms with E-state index in [4.69, 9.17) is 9.15 Å². The third-order valence-corrected chi connectivity index (χ3v) is 2.81. The Morgan fingerprint density at radius 2 is 2.04 bits per heavy atom. The van der Waals surface area contributed by atoms with Gasteiger partial charge in [0.2, 0.25) is 5.88 Å². The normalized spacial score (nSPS) is 11.1. The number of ether oxygens (including phenoxy) is 1. The highest BCUT2D eigenvalue weighted by molar-refractivity contribution is 14.0. The van der Waals surface area contributed by atoms with Crippen LogP contribution in [0.3, 0.4) is 0 Å². The second-order valence-corrected chi connectivity index (χ2v) is 4.53. The second-order valence-electron chi connectivity index (χ2n) is 4.53. The molecule has 0 aliphatic rings. The van der Waals surface area contributed by atoms with Crippen LogP contribution >= 0.6 is 24.0 Å². The third kappa shape index (κ3) is 7.11. The summed E-state index contributed by atoms with van der Waals surface area (Å²) in [5.41, 5.74) is 0.651. The van der Waals surface area contributed by atoms with E-state index in [1.165, 1.54) is 6.07 Å². The Hall–Kier alpha value is -1.91. The maximum absolute atomic E-state index is 12.1. The van der Waals surface area contributed by atoms with Gasteiger partial charge >= 0.3 is 0 Å². The van der Waals surface area contributed by atoms with Gasteiger partial charge in [0, 0.05) is 13.1 Å². The predicted molar refractivity (Wildman–Crippen MR) is 96.9 cm³/mol. The molecule has 2 heterocycles. The number of nitrogens with zero attached hydrogens (tertiary/aromatic N) is 2. The molecule has 2 N–H and O–H groups in total. The highest BCUT2D eigenvalue weighted by atomic mass is 127. The smallest absolute Gasteiger partial charge is 0.272 e. The quantitative estimate of drug-likeness (QED) is 0.384. The fourth-order valence-electron chi connectivity index (χ4n) is 1.76. The van der Waals surface area contributed by atoms with Crippen molar-refractivity contribution in [3.63, 3.8) is 0 Å². The summed E-state index contributed by atoms with van der Waals surface area (Å²) in [5.74, 6) is 1.53. The van der Waals surface area contributed by atoms with E-state index in [1.807, 2.05) is 12.1 Å². The zero-order valence-electron chi connectivity index (χ0n) is 13.0. The summed E-state index contributed by atoms with van der Waals surface area (Å²) in [5, 5.41) is 6.15. The van der Waals surface area contributed by atoms with Gasteiger partial charge in [-0.1, -0.05) is 6.07 Å². The molecule has 0 unspecified atom stereocenters. The third-order valence-electron chi connectivity index (χ3n) is 2.81. The number of nitrogens with one attached hydrogen (secondary N) is 2. The number of rotatable bonds is 7. The Labute approximate surface area is 155 Å². The summed E-state index contributed by atoms with van der Waals surface area (Å²) in [6.07, 6.45) is -0.926. The van der Waals surface area contributed by atoms with Crippen LogP contribution in [0.2, 0.25) is 0 Å². The van der Waals surface area contributed by atoms with Gasteiger partial charge < -0.3 is 19.8 Å². The van der Waals surface area contributed by atoms with Gasteiger partial charge in [0.25, 0.3) is 6.43 Å². The van der Waals surface area contributed by atoms with E-state index in [-0.39, 0.29) is 29.9 Å². The molecule has 0 bridgehead atoms. The lowest BCUT2D eigenvalue weighted by atomic mass is 10.3. The van der Waals surface area contributed by atoms with Crippen LogP contribution < -0.4 is 15.4 Å². The first-order valence-electron chi connectivity index (χ1n) is 7.01. The molecule has 24 heavy (non-hydrogen) atoms. The number of hydrogen-bond donors (Lipinski definition) is 2. The lowest BCUT2D eigenvalue weighted by Crippen LogP contribution is -2.36. The molecule has 0 amide bonds. The van der Waals surface area contributed by atoms with Gasteiger partial charge in [-0.2, -0.15) is 0 Å². The van der Waals surface area contributed by atoms with E-state index in [1.54, 1.807) is 25.4 Å². The topological polar surface area (TPSA) is 71.7 Å². The van der Waals surface area contributed by atoms with Crippen molar-refractivity contribution < 1.29 is 17.9 Å². The van der Waals surface area contributed by atoms with Gasteiger partial charge in [-0.25, -0.2) is 13.8 Å². The molecular formula is C15H19F2IN4O2. The first-order chi connectivity index (χ1) is 11.2. The summed E-state index contributed by atoms with van der Waals surface area (Å²) in [6.45, 7) is 0.206. The van der Waals surface area contributed by atoms with Crippen molar-refractivity contribution in [2.75, 3.05) is 13.7 Å². The number of aromatic nitrogens is 1. The number of furan rings is 1. The molecule has 0 atom stereocenters. The Morgan fingerprint density at radius 1 is 1.25 bits per heavy atom. The van der Waals surface area contributed by atoms with Crippen LogP contribution in [-0.4, -0.2) is 31.0 Å². The molecule has 0 aliphatic carbocycles. The van der Waals surface area contributed by atoms with Crippen molar-refractivity contribution >= 4 is 29.9 Å². The summed E-state index contributed by atoms with van der Waals surface area (Å²) in [6, 6.07) is 8.66. The fourth-order valence-corrected chi connectivity index (χ4v) is 1.76. The average molecular weight is 452 g/mol. The first-order valence-corrected chi connectivity index (χ1v) is 7.01. The van der Waals surface area contributed by atoms with Gasteiger partial charge in [-0.3, -0.25) is 4.99 Å². The highest BCUT2D eigenvalue weighted by Crippen LogP contribution is 2.08. The molecule has 0 fully saturated rings. The standard InChI is InChI=1S/C15H18F2N4O2.HI/c1-18-15(20-9-12-5-3-7-22-12)19-8-11-4-2-6-14(21-11)23-10-13(16)17;/h2-7,13H,8-10H2,1H3,(H2,18,19,20);1H. The fraction of sp³-hybridized carbons (Fsp3) is 0.333. The van der Waals surface area contributed by atoms with E-state index in [2.05, 4.69) is 20.6 Å². The Bertz CT molecular complexity index is 624. The zero-order valence-corrected chi connectivity index (χ0v) is 15.4. The monoisotopic (exact) mass is 452 g/mol. The van der Waals surface area contributed by atoms with E-state index in [0.29, 0.717) is 24.7 Å². The minimum atomic E-state index is -2.52. The summed E-state index contributed by atoms with van der Waals surface area (Å²) < 4.78 is 34.4. The van der Waals surface area contributed by atoms with Crippen LogP contribution in [0.25, 0.3) is 0 Å². The molecular weight excluding hydrogens is 433 g/mol. The lowest BCUT2D eigenvalue weighted by Gasteiger charge is -2.11. The van der Waals surface area contributed by atoms with Crippen LogP contribution in [0.15, 0.2) is 46.0 Å². The molecule has 0 aliphatic heterocycles. The van der Waals surface area contributed by atoms with E-state index in [9.17, 15) is 8.78 Å². The van der Waals surface area contributed by atoms with Gasteiger partial charge in [0.05, 0.1) is 25.0 Å².